The highest BCUT2D eigenvalue weighted by molar-refractivity contribution is 5.90. The maximum atomic E-state index is 12.8. The molecule has 1 unspecified atom stereocenters. The van der Waals surface area contributed by atoms with Crippen LogP contribution in [0.1, 0.15) is 42.0 Å². The number of aryl methyl sites for hydroxylation is 3. The van der Waals surface area contributed by atoms with E-state index < -0.39 is 0 Å². The van der Waals surface area contributed by atoms with Gasteiger partial charge in [0.15, 0.2) is 0 Å². The number of carbonyl (C=O) groups excluding carboxylic acids is 1. The number of amides is 1. The second-order valence-electron chi connectivity index (χ2n) is 8.16. The third-order valence-electron chi connectivity index (χ3n) is 6.05. The molecule has 8 heteroatoms. The molecule has 1 aliphatic rings. The predicted octanol–water partition coefficient (Wildman–Crippen LogP) is 3.25. The summed E-state index contributed by atoms with van der Waals surface area (Å²) in [7, 11) is 0. The van der Waals surface area contributed by atoms with Gasteiger partial charge in [-0.2, -0.15) is 5.10 Å². The maximum Gasteiger partial charge on any atom is 0.277 e. The molecule has 0 radical (unpaired) electrons. The van der Waals surface area contributed by atoms with Crippen LogP contribution in [0.15, 0.2) is 59.5 Å². The smallest absolute Gasteiger partial charge is 0.277 e. The molecule has 8 nitrogen and oxygen atoms in total. The van der Waals surface area contributed by atoms with E-state index in [9.17, 15) is 9.59 Å². The Morgan fingerprint density at radius 3 is 2.88 bits per heavy atom. The van der Waals surface area contributed by atoms with Gasteiger partial charge in [-0.25, -0.2) is 9.36 Å². The number of nitrogens with zero attached hydrogens (tertiary/aromatic N) is 5. The van der Waals surface area contributed by atoms with Crippen molar-refractivity contribution in [3.8, 4) is 0 Å². The largest absolute Gasteiger partial charge is 0.311 e. The van der Waals surface area contributed by atoms with Gasteiger partial charge in [0.2, 0.25) is 5.91 Å². The SMILES string of the molecule is Cc1cnn(C2CCCc3ccccc32)c1NC(=O)CCn1nnc2ccccc2c1=O. The fraction of sp³-hybridized carbons (Fsp3) is 0.292. The van der Waals surface area contributed by atoms with E-state index >= 15 is 0 Å². The number of carbonyl (C=O) groups is 1. The normalized spacial score (nSPS) is 15.5. The van der Waals surface area contributed by atoms with E-state index in [4.69, 9.17) is 0 Å². The first kappa shape index (κ1) is 20.1. The van der Waals surface area contributed by atoms with E-state index in [0.29, 0.717) is 16.7 Å². The maximum absolute atomic E-state index is 12.8. The van der Waals surface area contributed by atoms with Gasteiger partial charge in [0.05, 0.1) is 24.2 Å². The van der Waals surface area contributed by atoms with Crippen LogP contribution in [-0.4, -0.2) is 30.7 Å². The third-order valence-corrected chi connectivity index (χ3v) is 6.05. The summed E-state index contributed by atoms with van der Waals surface area (Å²) in [6, 6.07) is 15.6. The molecule has 2 aromatic carbocycles. The van der Waals surface area contributed by atoms with Gasteiger partial charge in [-0.05, 0) is 49.4 Å². The van der Waals surface area contributed by atoms with Crippen LogP contribution in [0.3, 0.4) is 0 Å². The predicted molar refractivity (Wildman–Crippen MR) is 122 cm³/mol. The van der Waals surface area contributed by atoms with Crippen molar-refractivity contribution >= 4 is 22.6 Å². The first-order valence-corrected chi connectivity index (χ1v) is 10.9. The summed E-state index contributed by atoms with van der Waals surface area (Å²) >= 11 is 0. The first-order chi connectivity index (χ1) is 15.6. The number of rotatable bonds is 5. The minimum atomic E-state index is -0.247. The molecule has 1 atom stereocenters. The van der Waals surface area contributed by atoms with Gasteiger partial charge in [-0.1, -0.05) is 41.6 Å². The van der Waals surface area contributed by atoms with E-state index in [2.05, 4.69) is 38.9 Å². The van der Waals surface area contributed by atoms with Crippen LogP contribution in [-0.2, 0) is 17.8 Å². The highest BCUT2D eigenvalue weighted by Crippen LogP contribution is 2.35. The summed E-state index contributed by atoms with van der Waals surface area (Å²) in [6.45, 7) is 2.09. The highest BCUT2D eigenvalue weighted by atomic mass is 16.2. The standard InChI is InChI=1S/C24H24N6O2/c1-16-15-25-30(21-12-6-8-17-7-2-3-9-18(17)21)23(16)26-22(31)13-14-29-24(32)19-10-4-5-11-20(19)27-28-29/h2-5,7,9-11,15,21H,6,8,12-14H2,1H3,(H,26,31). The lowest BCUT2D eigenvalue weighted by Crippen LogP contribution is -2.27. The average molecular weight is 428 g/mol. The second-order valence-corrected chi connectivity index (χ2v) is 8.16. The van der Waals surface area contributed by atoms with Crippen molar-refractivity contribution in [2.24, 2.45) is 0 Å². The van der Waals surface area contributed by atoms with Crippen LogP contribution in [0.25, 0.3) is 10.9 Å². The van der Waals surface area contributed by atoms with E-state index in [-0.39, 0.29) is 30.5 Å². The number of nitrogens with one attached hydrogen (secondary N) is 1. The number of hydrogen-bond acceptors (Lipinski definition) is 5. The Morgan fingerprint density at radius 1 is 1.16 bits per heavy atom. The van der Waals surface area contributed by atoms with Gasteiger partial charge in [0.25, 0.3) is 5.56 Å². The Bertz CT molecular complexity index is 1360. The molecule has 0 fully saturated rings. The van der Waals surface area contributed by atoms with Crippen molar-refractivity contribution in [3.63, 3.8) is 0 Å². The average Bonchev–Trinajstić information content (AvgIpc) is 3.18. The summed E-state index contributed by atoms with van der Waals surface area (Å²) in [5, 5.41) is 16.1. The summed E-state index contributed by atoms with van der Waals surface area (Å²) < 4.78 is 3.16. The van der Waals surface area contributed by atoms with Crippen molar-refractivity contribution in [2.75, 3.05) is 5.32 Å². The summed E-state index contributed by atoms with van der Waals surface area (Å²) in [6.07, 6.45) is 5.02. The summed E-state index contributed by atoms with van der Waals surface area (Å²) in [4.78, 5) is 25.4. The molecule has 32 heavy (non-hydrogen) atoms. The number of hydrogen-bond donors (Lipinski definition) is 1. The Morgan fingerprint density at radius 2 is 1.97 bits per heavy atom. The number of aromatic nitrogens is 5. The second kappa shape index (κ2) is 8.37. The molecule has 162 valence electrons. The van der Waals surface area contributed by atoms with Gasteiger partial charge >= 0.3 is 0 Å². The molecular formula is C24H24N6O2. The minimum Gasteiger partial charge on any atom is -0.311 e. The van der Waals surface area contributed by atoms with Crippen LogP contribution in [0.4, 0.5) is 5.82 Å². The fourth-order valence-electron chi connectivity index (χ4n) is 4.39. The van der Waals surface area contributed by atoms with Crippen LogP contribution in [0.5, 0.6) is 0 Å². The van der Waals surface area contributed by atoms with Gasteiger partial charge in [0, 0.05) is 12.0 Å². The van der Waals surface area contributed by atoms with Crippen LogP contribution >= 0.6 is 0 Å². The summed E-state index contributed by atoms with van der Waals surface area (Å²) in [5.74, 6) is 0.509. The quantitative estimate of drug-likeness (QED) is 0.527. The molecule has 1 N–H and O–H groups in total. The molecule has 0 spiro atoms. The molecule has 5 rings (SSSR count). The molecule has 2 heterocycles. The lowest BCUT2D eigenvalue weighted by molar-refractivity contribution is -0.116. The zero-order valence-corrected chi connectivity index (χ0v) is 17.9. The minimum absolute atomic E-state index is 0.0953. The van der Waals surface area contributed by atoms with E-state index in [1.54, 1.807) is 24.4 Å². The monoisotopic (exact) mass is 428 g/mol. The molecule has 2 aromatic heterocycles. The van der Waals surface area contributed by atoms with Crippen molar-refractivity contribution in [3.05, 3.63) is 81.8 Å². The van der Waals surface area contributed by atoms with Crippen molar-refractivity contribution in [1.29, 1.82) is 0 Å². The Hall–Kier alpha value is -3.81. The molecule has 1 aliphatic carbocycles. The zero-order valence-electron chi connectivity index (χ0n) is 17.9. The van der Waals surface area contributed by atoms with Crippen molar-refractivity contribution < 1.29 is 4.79 Å². The first-order valence-electron chi connectivity index (χ1n) is 10.9. The molecule has 0 bridgehead atoms. The number of anilines is 1. The van der Waals surface area contributed by atoms with E-state index in [0.717, 1.165) is 24.8 Å². The Balaban J connectivity index is 1.34. The molecule has 1 amide bonds. The molecule has 0 saturated heterocycles. The van der Waals surface area contributed by atoms with Gasteiger partial charge in [-0.3, -0.25) is 9.59 Å². The van der Waals surface area contributed by atoms with Crippen molar-refractivity contribution in [1.82, 2.24) is 24.8 Å². The van der Waals surface area contributed by atoms with Gasteiger partial charge in [0.1, 0.15) is 11.3 Å². The number of fused-ring (bicyclic) bond motifs is 2. The van der Waals surface area contributed by atoms with Crippen LogP contribution in [0.2, 0.25) is 0 Å². The van der Waals surface area contributed by atoms with Crippen LogP contribution in [0, 0.1) is 6.92 Å². The van der Waals surface area contributed by atoms with Crippen molar-refractivity contribution in [2.45, 2.75) is 45.2 Å². The third kappa shape index (κ3) is 3.68. The molecule has 0 saturated carbocycles. The molecule has 4 aromatic rings. The Kier molecular flexibility index (Phi) is 5.26. The topological polar surface area (TPSA) is 94.7 Å². The summed E-state index contributed by atoms with van der Waals surface area (Å²) in [5.41, 5.74) is 3.80. The number of benzene rings is 2. The Labute approximate surface area is 184 Å². The van der Waals surface area contributed by atoms with E-state index in [1.165, 1.54) is 15.8 Å². The lowest BCUT2D eigenvalue weighted by Gasteiger charge is -2.27. The van der Waals surface area contributed by atoms with Gasteiger partial charge in [-0.15, -0.1) is 5.10 Å². The van der Waals surface area contributed by atoms with E-state index in [1.807, 2.05) is 23.7 Å². The lowest BCUT2D eigenvalue weighted by atomic mass is 9.88. The molecule has 0 aliphatic heterocycles. The zero-order chi connectivity index (χ0) is 22.1. The fourth-order valence-corrected chi connectivity index (χ4v) is 4.39. The highest BCUT2D eigenvalue weighted by Gasteiger charge is 2.25. The van der Waals surface area contributed by atoms with Gasteiger partial charge < -0.3 is 5.32 Å². The van der Waals surface area contributed by atoms with Crippen LogP contribution < -0.4 is 10.9 Å². The molecular weight excluding hydrogens is 404 g/mol.